The maximum Gasteiger partial charge on any atom is 0.270 e. The minimum absolute atomic E-state index is 0.0826. The molecule has 2 aromatic heterocycles. The maximum absolute atomic E-state index is 12.6. The summed E-state index contributed by atoms with van der Waals surface area (Å²) in [6, 6.07) is 8.03. The van der Waals surface area contributed by atoms with Crippen LogP contribution < -0.4 is 15.1 Å². The number of piperazine rings is 1. The molecule has 1 saturated carbocycles. The van der Waals surface area contributed by atoms with Crippen LogP contribution in [0.4, 0.5) is 11.8 Å². The second kappa shape index (κ2) is 7.90. The summed E-state index contributed by atoms with van der Waals surface area (Å²) in [6.07, 6.45) is 6.34. The van der Waals surface area contributed by atoms with Crippen LogP contribution in [0.25, 0.3) is 0 Å². The molecule has 2 aromatic rings. The van der Waals surface area contributed by atoms with Gasteiger partial charge in [0.05, 0.1) is 0 Å². The molecule has 2 aliphatic rings. The molecule has 0 unspecified atom stereocenters. The van der Waals surface area contributed by atoms with Crippen molar-refractivity contribution < 1.29 is 4.79 Å². The zero-order valence-corrected chi connectivity index (χ0v) is 15.8. The molecule has 7 nitrogen and oxygen atoms in total. The van der Waals surface area contributed by atoms with E-state index >= 15 is 0 Å². The van der Waals surface area contributed by atoms with Crippen LogP contribution in [0, 0.1) is 6.92 Å². The number of pyridine rings is 1. The van der Waals surface area contributed by atoms with Gasteiger partial charge in [-0.1, -0.05) is 18.9 Å². The molecule has 0 aromatic carbocycles. The Morgan fingerprint density at radius 3 is 2.52 bits per heavy atom. The van der Waals surface area contributed by atoms with Crippen molar-refractivity contribution in [1.29, 1.82) is 0 Å². The van der Waals surface area contributed by atoms with Crippen LogP contribution in [0.15, 0.2) is 30.5 Å². The van der Waals surface area contributed by atoms with Gasteiger partial charge in [0.15, 0.2) is 0 Å². The van der Waals surface area contributed by atoms with Crippen molar-refractivity contribution in [3.05, 3.63) is 41.9 Å². The van der Waals surface area contributed by atoms with Crippen LogP contribution in [0.1, 0.15) is 41.9 Å². The lowest BCUT2D eigenvalue weighted by Gasteiger charge is -2.35. The molecule has 27 heavy (non-hydrogen) atoms. The van der Waals surface area contributed by atoms with Crippen molar-refractivity contribution in [2.24, 2.45) is 0 Å². The topological polar surface area (TPSA) is 74.2 Å². The van der Waals surface area contributed by atoms with E-state index in [2.05, 4.69) is 30.1 Å². The van der Waals surface area contributed by atoms with E-state index < -0.39 is 0 Å². The molecule has 1 N–H and O–H groups in total. The van der Waals surface area contributed by atoms with Crippen LogP contribution in [0.5, 0.6) is 0 Å². The molecule has 0 spiro atoms. The van der Waals surface area contributed by atoms with E-state index in [9.17, 15) is 4.79 Å². The van der Waals surface area contributed by atoms with Gasteiger partial charge in [-0.05, 0) is 38.0 Å². The highest BCUT2D eigenvalue weighted by molar-refractivity contribution is 5.92. The average molecular weight is 366 g/mol. The number of aryl methyl sites for hydroxylation is 1. The molecule has 1 saturated heterocycles. The van der Waals surface area contributed by atoms with Gasteiger partial charge in [0, 0.05) is 44.1 Å². The molecule has 7 heteroatoms. The van der Waals surface area contributed by atoms with Gasteiger partial charge in [-0.25, -0.2) is 15.0 Å². The van der Waals surface area contributed by atoms with Crippen LogP contribution >= 0.6 is 0 Å². The summed E-state index contributed by atoms with van der Waals surface area (Å²) in [5, 5.41) is 3.12. The summed E-state index contributed by atoms with van der Waals surface area (Å²) in [4.78, 5) is 30.6. The highest BCUT2D eigenvalue weighted by atomic mass is 16.1. The molecule has 1 aliphatic carbocycles. The largest absolute Gasteiger partial charge is 0.353 e. The molecule has 2 fully saturated rings. The number of nitrogens with zero attached hydrogens (tertiary/aromatic N) is 5. The van der Waals surface area contributed by atoms with Crippen molar-refractivity contribution in [2.75, 3.05) is 36.0 Å². The molecule has 4 rings (SSSR count). The Morgan fingerprint density at radius 1 is 1.07 bits per heavy atom. The monoisotopic (exact) mass is 366 g/mol. The third-order valence-corrected chi connectivity index (χ3v) is 5.30. The van der Waals surface area contributed by atoms with Gasteiger partial charge in [-0.2, -0.15) is 0 Å². The summed E-state index contributed by atoms with van der Waals surface area (Å²) in [5.74, 6) is 1.56. The number of anilines is 2. The van der Waals surface area contributed by atoms with Crippen molar-refractivity contribution in [2.45, 2.75) is 38.6 Å². The minimum Gasteiger partial charge on any atom is -0.353 e. The van der Waals surface area contributed by atoms with Crippen LogP contribution in [-0.4, -0.2) is 53.1 Å². The predicted octanol–water partition coefficient (Wildman–Crippen LogP) is 2.18. The Labute approximate surface area is 159 Å². The zero-order chi connectivity index (χ0) is 18.6. The normalized spacial score (nSPS) is 18.0. The zero-order valence-electron chi connectivity index (χ0n) is 15.8. The smallest absolute Gasteiger partial charge is 0.270 e. The average Bonchev–Trinajstić information content (AvgIpc) is 3.21. The fourth-order valence-corrected chi connectivity index (χ4v) is 3.82. The summed E-state index contributed by atoms with van der Waals surface area (Å²) in [6.45, 7) is 5.25. The summed E-state index contributed by atoms with van der Waals surface area (Å²) >= 11 is 0. The third-order valence-electron chi connectivity index (χ3n) is 5.30. The van der Waals surface area contributed by atoms with E-state index in [1.165, 1.54) is 12.8 Å². The number of hydrogen-bond donors (Lipinski definition) is 1. The molecule has 1 amide bonds. The van der Waals surface area contributed by atoms with Crippen molar-refractivity contribution >= 4 is 17.7 Å². The van der Waals surface area contributed by atoms with Crippen molar-refractivity contribution in [3.8, 4) is 0 Å². The number of rotatable bonds is 4. The van der Waals surface area contributed by atoms with Gasteiger partial charge < -0.3 is 15.1 Å². The standard InChI is InChI=1S/C20H26N6O/c1-15-14-17(19(27)23-16-6-2-3-7-16)24-20(22-15)26-12-10-25(11-13-26)18-8-4-5-9-21-18/h4-5,8-9,14,16H,2-3,6-7,10-13H2,1H3,(H,23,27). The Kier molecular flexibility index (Phi) is 5.18. The number of amides is 1. The number of nitrogens with one attached hydrogen (secondary N) is 1. The van der Waals surface area contributed by atoms with Crippen LogP contribution in [0.2, 0.25) is 0 Å². The van der Waals surface area contributed by atoms with Crippen molar-refractivity contribution in [3.63, 3.8) is 0 Å². The van der Waals surface area contributed by atoms with Gasteiger partial charge >= 0.3 is 0 Å². The lowest BCUT2D eigenvalue weighted by atomic mass is 10.2. The van der Waals surface area contributed by atoms with Gasteiger partial charge in [0.2, 0.25) is 5.95 Å². The first-order valence-electron chi connectivity index (χ1n) is 9.76. The Bertz CT molecular complexity index is 782. The highest BCUT2D eigenvalue weighted by Gasteiger charge is 2.23. The summed E-state index contributed by atoms with van der Waals surface area (Å²) in [7, 11) is 0. The quantitative estimate of drug-likeness (QED) is 0.894. The number of carbonyl (C=O) groups excluding carboxylic acids is 1. The lowest BCUT2D eigenvalue weighted by Crippen LogP contribution is -2.47. The molecular formula is C20H26N6O. The molecule has 0 radical (unpaired) electrons. The van der Waals surface area contributed by atoms with Gasteiger partial charge in [0.25, 0.3) is 5.91 Å². The first-order chi connectivity index (χ1) is 13.2. The van der Waals surface area contributed by atoms with Crippen LogP contribution in [-0.2, 0) is 0 Å². The fraction of sp³-hybridized carbons (Fsp3) is 0.500. The van der Waals surface area contributed by atoms with Gasteiger partial charge in [0.1, 0.15) is 11.5 Å². The fourth-order valence-electron chi connectivity index (χ4n) is 3.82. The third kappa shape index (κ3) is 4.18. The molecule has 0 bridgehead atoms. The second-order valence-corrected chi connectivity index (χ2v) is 7.31. The Balaban J connectivity index is 1.43. The molecule has 142 valence electrons. The first kappa shape index (κ1) is 17.7. The molecule has 1 aliphatic heterocycles. The Hall–Kier alpha value is -2.70. The SMILES string of the molecule is Cc1cc(C(=O)NC2CCCC2)nc(N2CCN(c3ccccn3)CC2)n1. The van der Waals surface area contributed by atoms with Crippen molar-refractivity contribution in [1.82, 2.24) is 20.3 Å². The molecular weight excluding hydrogens is 340 g/mol. The highest BCUT2D eigenvalue weighted by Crippen LogP contribution is 2.19. The summed E-state index contributed by atoms with van der Waals surface area (Å²) < 4.78 is 0. The number of hydrogen-bond acceptors (Lipinski definition) is 6. The van der Waals surface area contributed by atoms with E-state index in [1.807, 2.05) is 31.3 Å². The second-order valence-electron chi connectivity index (χ2n) is 7.31. The van der Waals surface area contributed by atoms with Crippen LogP contribution in [0.3, 0.4) is 0 Å². The molecule has 3 heterocycles. The minimum atomic E-state index is -0.0826. The van der Waals surface area contributed by atoms with E-state index in [-0.39, 0.29) is 11.9 Å². The van der Waals surface area contributed by atoms with E-state index in [1.54, 1.807) is 6.07 Å². The number of aromatic nitrogens is 3. The van der Waals surface area contributed by atoms with Gasteiger partial charge in [-0.3, -0.25) is 4.79 Å². The number of carbonyl (C=O) groups is 1. The predicted molar refractivity (Wildman–Crippen MR) is 105 cm³/mol. The van der Waals surface area contributed by atoms with E-state index in [0.29, 0.717) is 11.6 Å². The van der Waals surface area contributed by atoms with E-state index in [0.717, 1.165) is 50.5 Å². The Morgan fingerprint density at radius 2 is 1.81 bits per heavy atom. The van der Waals surface area contributed by atoms with Gasteiger partial charge in [-0.15, -0.1) is 0 Å². The first-order valence-corrected chi connectivity index (χ1v) is 9.76. The lowest BCUT2D eigenvalue weighted by molar-refractivity contribution is 0.0932. The summed E-state index contributed by atoms with van der Waals surface area (Å²) in [5.41, 5.74) is 1.29. The van der Waals surface area contributed by atoms with E-state index in [4.69, 9.17) is 0 Å². The maximum atomic E-state index is 12.6. The molecule has 0 atom stereocenters.